The van der Waals surface area contributed by atoms with Crippen LogP contribution in [0.1, 0.15) is 49.9 Å². The van der Waals surface area contributed by atoms with Crippen LogP contribution in [0.3, 0.4) is 0 Å². The van der Waals surface area contributed by atoms with Crippen molar-refractivity contribution in [3.8, 4) is 0 Å². The van der Waals surface area contributed by atoms with Crippen LogP contribution in [0.15, 0.2) is 121 Å². The van der Waals surface area contributed by atoms with Crippen LogP contribution in [0.4, 0.5) is 0 Å². The van der Waals surface area contributed by atoms with Gasteiger partial charge in [-0.15, -0.1) is 0 Å². The quantitative estimate of drug-likeness (QED) is 0.201. The fourth-order valence-electron chi connectivity index (χ4n) is 5.74. The molecule has 218 valence electrons. The molecular weight excluding hydrogens is 524 g/mol. The molecule has 0 unspecified atom stereocenters. The molecule has 0 fully saturated rings. The molecule has 0 bridgehead atoms. The monoisotopic (exact) mass is 564 g/mol. The van der Waals surface area contributed by atoms with Crippen LogP contribution in [0.25, 0.3) is 0 Å². The zero-order valence-corrected chi connectivity index (χ0v) is 24.6. The Labute approximate surface area is 248 Å². The van der Waals surface area contributed by atoms with Crippen molar-refractivity contribution in [3.63, 3.8) is 0 Å². The summed E-state index contributed by atoms with van der Waals surface area (Å²) in [4.78, 5) is 27.2. The highest BCUT2D eigenvalue weighted by molar-refractivity contribution is 6.35. The standard InChI is InChI=1S/C36H40N2O4/c1-25(2)31(35(41,27-17-9-5-10-18-27)28-19-11-6-12-20-28)37-33(39)34(40)38-32(26(3)4)36(42,29-21-13-7-14-22-29)30-23-15-8-16-24-30/h5-26,31-32,41-42H,1-4H3,(H,37,39)(H,38,40)/t31-,32-/m1/s1. The van der Waals surface area contributed by atoms with Crippen LogP contribution in [0.5, 0.6) is 0 Å². The van der Waals surface area contributed by atoms with Gasteiger partial charge in [0.1, 0.15) is 11.2 Å². The minimum atomic E-state index is -1.61. The van der Waals surface area contributed by atoms with Gasteiger partial charge in [-0.25, -0.2) is 0 Å². The maximum atomic E-state index is 13.6. The Bertz CT molecular complexity index is 1250. The first kappa shape index (κ1) is 30.7. The van der Waals surface area contributed by atoms with Crippen LogP contribution in [0.2, 0.25) is 0 Å². The lowest BCUT2D eigenvalue weighted by Crippen LogP contribution is -2.60. The Balaban J connectivity index is 1.69. The number of aliphatic hydroxyl groups is 2. The second-order valence-corrected chi connectivity index (χ2v) is 11.4. The van der Waals surface area contributed by atoms with E-state index < -0.39 is 35.1 Å². The summed E-state index contributed by atoms with van der Waals surface area (Å²) in [6, 6.07) is 34.9. The minimum absolute atomic E-state index is 0.251. The van der Waals surface area contributed by atoms with E-state index in [0.717, 1.165) is 0 Å². The van der Waals surface area contributed by atoms with Gasteiger partial charge in [0.05, 0.1) is 12.1 Å². The Kier molecular flexibility index (Phi) is 9.61. The fourth-order valence-corrected chi connectivity index (χ4v) is 5.74. The zero-order chi connectivity index (χ0) is 30.3. The summed E-state index contributed by atoms with van der Waals surface area (Å²) in [5, 5.41) is 30.3. The number of amides is 2. The molecule has 0 radical (unpaired) electrons. The Morgan fingerprint density at radius 2 is 0.690 bits per heavy atom. The van der Waals surface area contributed by atoms with E-state index in [1.54, 1.807) is 0 Å². The Hall–Kier alpha value is -4.26. The Morgan fingerprint density at radius 3 is 0.881 bits per heavy atom. The number of benzene rings is 4. The van der Waals surface area contributed by atoms with Gasteiger partial charge < -0.3 is 20.8 Å². The number of rotatable bonds is 10. The highest BCUT2D eigenvalue weighted by atomic mass is 16.3. The van der Waals surface area contributed by atoms with Gasteiger partial charge >= 0.3 is 11.8 Å². The summed E-state index contributed by atoms with van der Waals surface area (Å²) in [6.07, 6.45) is 0. The van der Waals surface area contributed by atoms with E-state index in [1.165, 1.54) is 0 Å². The third kappa shape index (κ3) is 6.15. The lowest BCUT2D eigenvalue weighted by Gasteiger charge is -2.41. The third-order valence-electron chi connectivity index (χ3n) is 7.87. The molecule has 6 heteroatoms. The van der Waals surface area contributed by atoms with Crippen molar-refractivity contribution < 1.29 is 19.8 Å². The van der Waals surface area contributed by atoms with E-state index in [9.17, 15) is 19.8 Å². The predicted octanol–water partition coefficient (Wildman–Crippen LogP) is 5.14. The molecule has 4 N–H and O–H groups in total. The molecule has 0 saturated carbocycles. The van der Waals surface area contributed by atoms with Gasteiger partial charge in [0.2, 0.25) is 0 Å². The SMILES string of the molecule is CC(C)[C@@H](NC(=O)C(=O)N[C@H](C(C)C)C(O)(c1ccccc1)c1ccccc1)C(O)(c1ccccc1)c1ccccc1. The average molecular weight is 565 g/mol. The normalized spacial score (nSPS) is 13.4. The van der Waals surface area contributed by atoms with Crippen molar-refractivity contribution in [3.05, 3.63) is 144 Å². The maximum absolute atomic E-state index is 13.6. The van der Waals surface area contributed by atoms with Crippen LogP contribution in [-0.4, -0.2) is 34.1 Å². The highest BCUT2D eigenvalue weighted by Gasteiger charge is 2.46. The van der Waals surface area contributed by atoms with Gasteiger partial charge in [-0.3, -0.25) is 9.59 Å². The summed E-state index contributed by atoms with van der Waals surface area (Å²) >= 11 is 0. The van der Waals surface area contributed by atoms with E-state index in [4.69, 9.17) is 0 Å². The fraction of sp³-hybridized carbons (Fsp3) is 0.278. The first-order chi connectivity index (χ1) is 20.1. The summed E-state index contributed by atoms with van der Waals surface area (Å²) in [6.45, 7) is 7.56. The van der Waals surface area contributed by atoms with Crippen LogP contribution in [-0.2, 0) is 20.8 Å². The van der Waals surface area contributed by atoms with Gasteiger partial charge in [-0.2, -0.15) is 0 Å². The van der Waals surface area contributed by atoms with Gasteiger partial charge in [0.25, 0.3) is 0 Å². The topological polar surface area (TPSA) is 98.7 Å². The van der Waals surface area contributed by atoms with Crippen molar-refractivity contribution in [1.82, 2.24) is 10.6 Å². The molecule has 0 aliphatic rings. The van der Waals surface area contributed by atoms with E-state index in [1.807, 2.05) is 149 Å². The molecule has 6 nitrogen and oxygen atoms in total. The van der Waals surface area contributed by atoms with Crippen molar-refractivity contribution >= 4 is 11.8 Å². The van der Waals surface area contributed by atoms with E-state index in [0.29, 0.717) is 22.3 Å². The number of hydrogen-bond acceptors (Lipinski definition) is 4. The number of hydrogen-bond donors (Lipinski definition) is 4. The summed E-state index contributed by atoms with van der Waals surface area (Å²) < 4.78 is 0. The molecule has 2 amide bonds. The molecule has 0 heterocycles. The van der Waals surface area contributed by atoms with Crippen LogP contribution in [0, 0.1) is 11.8 Å². The van der Waals surface area contributed by atoms with E-state index in [2.05, 4.69) is 10.6 Å². The van der Waals surface area contributed by atoms with Crippen molar-refractivity contribution in [2.45, 2.75) is 51.0 Å². The highest BCUT2D eigenvalue weighted by Crippen LogP contribution is 2.37. The number of carbonyl (C=O) groups is 2. The first-order valence-corrected chi connectivity index (χ1v) is 14.4. The van der Waals surface area contributed by atoms with Gasteiger partial charge in [-0.1, -0.05) is 149 Å². The predicted molar refractivity (Wildman–Crippen MR) is 165 cm³/mol. The smallest absolute Gasteiger partial charge is 0.309 e. The van der Waals surface area contributed by atoms with E-state index >= 15 is 0 Å². The van der Waals surface area contributed by atoms with Gasteiger partial charge in [0.15, 0.2) is 0 Å². The molecule has 4 aromatic rings. The molecule has 0 spiro atoms. The summed E-state index contributed by atoms with van der Waals surface area (Å²) in [5.41, 5.74) is -0.842. The average Bonchev–Trinajstić information content (AvgIpc) is 3.02. The molecular formula is C36H40N2O4. The second-order valence-electron chi connectivity index (χ2n) is 11.4. The lowest BCUT2D eigenvalue weighted by molar-refractivity contribution is -0.142. The zero-order valence-electron chi connectivity index (χ0n) is 24.6. The molecule has 2 atom stereocenters. The molecule has 0 aliphatic heterocycles. The van der Waals surface area contributed by atoms with Crippen LogP contribution >= 0.6 is 0 Å². The second kappa shape index (κ2) is 13.1. The van der Waals surface area contributed by atoms with Crippen LogP contribution < -0.4 is 10.6 Å². The molecule has 0 aliphatic carbocycles. The largest absolute Gasteiger partial charge is 0.378 e. The molecule has 4 rings (SSSR count). The Morgan fingerprint density at radius 1 is 0.476 bits per heavy atom. The van der Waals surface area contributed by atoms with Crippen molar-refractivity contribution in [2.24, 2.45) is 11.8 Å². The molecule has 4 aromatic carbocycles. The summed E-state index contributed by atoms with van der Waals surface area (Å²) in [5.74, 6) is -2.29. The van der Waals surface area contributed by atoms with Gasteiger partial charge in [0, 0.05) is 0 Å². The minimum Gasteiger partial charge on any atom is -0.378 e. The number of carbonyl (C=O) groups excluding carboxylic acids is 2. The van der Waals surface area contributed by atoms with Crippen molar-refractivity contribution in [2.75, 3.05) is 0 Å². The van der Waals surface area contributed by atoms with Gasteiger partial charge in [-0.05, 0) is 34.1 Å². The molecule has 42 heavy (non-hydrogen) atoms. The first-order valence-electron chi connectivity index (χ1n) is 14.4. The summed E-state index contributed by atoms with van der Waals surface area (Å²) in [7, 11) is 0. The third-order valence-corrected chi connectivity index (χ3v) is 7.87. The van der Waals surface area contributed by atoms with Crippen molar-refractivity contribution in [1.29, 1.82) is 0 Å². The lowest BCUT2D eigenvalue weighted by atomic mass is 9.75. The molecule has 0 saturated heterocycles. The van der Waals surface area contributed by atoms with E-state index in [-0.39, 0.29) is 11.8 Å². The maximum Gasteiger partial charge on any atom is 0.309 e. The molecule has 0 aromatic heterocycles. The number of nitrogens with one attached hydrogen (secondary N) is 2.